The zero-order chi connectivity index (χ0) is 13.1. The lowest BCUT2D eigenvalue weighted by Gasteiger charge is -2.34. The highest BCUT2D eigenvalue weighted by Gasteiger charge is 2.26. The highest BCUT2D eigenvalue weighted by molar-refractivity contribution is 5.92. The Kier molecular flexibility index (Phi) is 3.38. The van der Waals surface area contributed by atoms with E-state index in [4.69, 9.17) is 5.11 Å². The summed E-state index contributed by atoms with van der Waals surface area (Å²) in [6.45, 7) is 0.691. The molecule has 94 valence electrons. The van der Waals surface area contributed by atoms with Crippen LogP contribution in [0.4, 0.5) is 5.69 Å². The predicted molar refractivity (Wildman–Crippen MR) is 64.7 cm³/mol. The van der Waals surface area contributed by atoms with Gasteiger partial charge in [0.1, 0.15) is 0 Å². The van der Waals surface area contributed by atoms with E-state index in [1.165, 1.54) is 29.2 Å². The average Bonchev–Trinajstić information content (AvgIpc) is 2.32. The van der Waals surface area contributed by atoms with E-state index in [-0.39, 0.29) is 11.6 Å². The predicted octanol–water partition coefficient (Wildman–Crippen LogP) is 0.811. The molecule has 1 aromatic carbocycles. The third kappa shape index (κ3) is 2.72. The van der Waals surface area contributed by atoms with Crippen LogP contribution in [0.2, 0.25) is 0 Å². The second kappa shape index (κ2) is 4.97. The first-order valence-electron chi connectivity index (χ1n) is 5.46. The number of nitro groups is 1. The van der Waals surface area contributed by atoms with Crippen LogP contribution in [0.25, 0.3) is 6.08 Å². The molecule has 1 aliphatic heterocycles. The molecule has 1 N–H and O–H groups in total. The number of rotatable bonds is 3. The summed E-state index contributed by atoms with van der Waals surface area (Å²) in [6.07, 6.45) is 2.45. The molecule has 2 rings (SSSR count). The summed E-state index contributed by atoms with van der Waals surface area (Å²) in [4.78, 5) is 23.1. The maximum absolute atomic E-state index is 11.6. The number of hydrogen-bond donors (Lipinski definition) is 1. The summed E-state index contributed by atoms with van der Waals surface area (Å²) in [5, 5.41) is 19.6. The number of carbonyl (C=O) groups is 1. The number of nitrogens with zero attached hydrogens (tertiary/aromatic N) is 2. The minimum Gasteiger partial charge on any atom is -0.389 e. The lowest BCUT2D eigenvalue weighted by Crippen LogP contribution is -2.52. The Morgan fingerprint density at radius 3 is 2.83 bits per heavy atom. The number of benzene rings is 1. The lowest BCUT2D eigenvalue weighted by atomic mass is 10.1. The van der Waals surface area contributed by atoms with Crippen molar-refractivity contribution in [2.24, 2.45) is 0 Å². The molecule has 1 fully saturated rings. The molecule has 6 heteroatoms. The smallest absolute Gasteiger partial charge is 0.270 e. The molecule has 0 saturated carbocycles. The summed E-state index contributed by atoms with van der Waals surface area (Å²) >= 11 is 0. The van der Waals surface area contributed by atoms with Crippen LogP contribution in [0.5, 0.6) is 0 Å². The van der Waals surface area contributed by atoms with Crippen LogP contribution in [0.3, 0.4) is 0 Å². The van der Waals surface area contributed by atoms with Crippen LogP contribution in [0, 0.1) is 10.1 Å². The number of aliphatic hydroxyl groups excluding tert-OH is 1. The molecule has 0 aromatic heterocycles. The molecule has 0 bridgehead atoms. The number of likely N-dealkylation sites (tertiary alicyclic amines) is 1. The molecule has 18 heavy (non-hydrogen) atoms. The third-order valence-corrected chi connectivity index (χ3v) is 2.67. The molecule has 0 radical (unpaired) electrons. The average molecular weight is 248 g/mol. The van der Waals surface area contributed by atoms with Crippen LogP contribution in [-0.2, 0) is 4.79 Å². The van der Waals surface area contributed by atoms with Gasteiger partial charge in [0.25, 0.3) is 5.69 Å². The molecule has 1 amide bonds. The molecule has 0 atom stereocenters. The van der Waals surface area contributed by atoms with Gasteiger partial charge in [-0.25, -0.2) is 0 Å². The number of non-ortho nitro benzene ring substituents is 1. The molecule has 1 aliphatic rings. The van der Waals surface area contributed by atoms with Gasteiger partial charge in [-0.1, -0.05) is 12.1 Å². The van der Waals surface area contributed by atoms with Crippen molar-refractivity contribution in [2.75, 3.05) is 13.1 Å². The largest absolute Gasteiger partial charge is 0.389 e. The molecule has 1 saturated heterocycles. The molecule has 6 nitrogen and oxygen atoms in total. The highest BCUT2D eigenvalue weighted by atomic mass is 16.6. The van der Waals surface area contributed by atoms with Gasteiger partial charge < -0.3 is 10.0 Å². The molecule has 0 spiro atoms. The minimum absolute atomic E-state index is 0.0102. The van der Waals surface area contributed by atoms with Gasteiger partial charge in [0, 0.05) is 31.3 Å². The number of β-amino-alcohol motifs (C(OH)–C–C–N with tert-alkyl or cyclic N) is 1. The Bertz CT molecular complexity index is 507. The van der Waals surface area contributed by atoms with Gasteiger partial charge in [0.15, 0.2) is 0 Å². The summed E-state index contributed by atoms with van der Waals surface area (Å²) in [5.41, 5.74) is 0.586. The van der Waals surface area contributed by atoms with Gasteiger partial charge in [-0.05, 0) is 11.6 Å². The minimum atomic E-state index is -0.481. The van der Waals surface area contributed by atoms with E-state index in [0.717, 1.165) is 0 Å². The van der Waals surface area contributed by atoms with Gasteiger partial charge in [-0.2, -0.15) is 0 Å². The lowest BCUT2D eigenvalue weighted by molar-refractivity contribution is -0.384. The van der Waals surface area contributed by atoms with E-state index in [1.54, 1.807) is 12.1 Å². The fourth-order valence-corrected chi connectivity index (χ4v) is 1.65. The topological polar surface area (TPSA) is 83.7 Å². The van der Waals surface area contributed by atoms with Crippen LogP contribution in [-0.4, -0.2) is 40.0 Å². The Hall–Kier alpha value is -2.21. The van der Waals surface area contributed by atoms with Crippen LogP contribution in [0.1, 0.15) is 5.56 Å². The zero-order valence-corrected chi connectivity index (χ0v) is 9.52. The summed E-state index contributed by atoms with van der Waals surface area (Å²) in [7, 11) is 0. The van der Waals surface area contributed by atoms with Gasteiger partial charge in [-0.3, -0.25) is 14.9 Å². The van der Waals surface area contributed by atoms with Crippen molar-refractivity contribution < 1.29 is 14.8 Å². The maximum Gasteiger partial charge on any atom is 0.270 e. The number of aliphatic hydroxyl groups is 1. The Morgan fingerprint density at radius 2 is 2.22 bits per heavy atom. The standard InChI is InChI=1S/C12H12N2O4/c15-11-7-13(8-11)12(16)5-4-9-2-1-3-10(6-9)14(17)18/h1-6,11,15H,7-8H2/b5-4+. The quantitative estimate of drug-likeness (QED) is 0.487. The molecule has 0 aliphatic carbocycles. The number of carbonyl (C=O) groups excluding carboxylic acids is 1. The van der Waals surface area contributed by atoms with Crippen molar-refractivity contribution in [3.8, 4) is 0 Å². The fourth-order valence-electron chi connectivity index (χ4n) is 1.65. The van der Waals surface area contributed by atoms with E-state index < -0.39 is 11.0 Å². The molecular formula is C12H12N2O4. The van der Waals surface area contributed by atoms with Crippen LogP contribution < -0.4 is 0 Å². The van der Waals surface area contributed by atoms with E-state index in [1.807, 2.05) is 0 Å². The fraction of sp³-hybridized carbons (Fsp3) is 0.250. The van der Waals surface area contributed by atoms with E-state index >= 15 is 0 Å². The number of amides is 1. The first-order valence-corrected chi connectivity index (χ1v) is 5.46. The van der Waals surface area contributed by atoms with E-state index in [2.05, 4.69) is 0 Å². The van der Waals surface area contributed by atoms with E-state index in [9.17, 15) is 14.9 Å². The highest BCUT2D eigenvalue weighted by Crippen LogP contribution is 2.15. The Morgan fingerprint density at radius 1 is 1.50 bits per heavy atom. The van der Waals surface area contributed by atoms with Gasteiger partial charge in [-0.15, -0.1) is 0 Å². The second-order valence-corrected chi connectivity index (χ2v) is 4.08. The number of hydrogen-bond acceptors (Lipinski definition) is 4. The van der Waals surface area contributed by atoms with Crippen molar-refractivity contribution in [1.29, 1.82) is 0 Å². The second-order valence-electron chi connectivity index (χ2n) is 4.08. The van der Waals surface area contributed by atoms with Crippen LogP contribution >= 0.6 is 0 Å². The van der Waals surface area contributed by atoms with Gasteiger partial charge in [0.05, 0.1) is 11.0 Å². The zero-order valence-electron chi connectivity index (χ0n) is 9.52. The van der Waals surface area contributed by atoms with E-state index in [0.29, 0.717) is 18.7 Å². The van der Waals surface area contributed by atoms with Crippen molar-refractivity contribution >= 4 is 17.7 Å². The van der Waals surface area contributed by atoms with Crippen molar-refractivity contribution in [3.63, 3.8) is 0 Å². The first kappa shape index (κ1) is 12.3. The normalized spacial score (nSPS) is 15.7. The Balaban J connectivity index is 2.02. The van der Waals surface area contributed by atoms with Gasteiger partial charge >= 0.3 is 0 Å². The maximum atomic E-state index is 11.6. The molecule has 1 aromatic rings. The summed E-state index contributed by atoms with van der Waals surface area (Å²) in [5.74, 6) is -0.202. The molecular weight excluding hydrogens is 236 g/mol. The monoisotopic (exact) mass is 248 g/mol. The first-order chi connectivity index (χ1) is 8.56. The van der Waals surface area contributed by atoms with Crippen molar-refractivity contribution in [2.45, 2.75) is 6.10 Å². The third-order valence-electron chi connectivity index (χ3n) is 2.67. The SMILES string of the molecule is O=C(/C=C/c1cccc([N+](=O)[O-])c1)N1CC(O)C1. The van der Waals surface area contributed by atoms with Crippen molar-refractivity contribution in [1.82, 2.24) is 4.90 Å². The summed E-state index contributed by atoms with van der Waals surface area (Å²) in [6, 6.07) is 6.04. The molecule has 1 heterocycles. The summed E-state index contributed by atoms with van der Waals surface area (Å²) < 4.78 is 0. The number of nitro benzene ring substituents is 1. The van der Waals surface area contributed by atoms with Gasteiger partial charge in [0.2, 0.25) is 5.91 Å². The van der Waals surface area contributed by atoms with Crippen LogP contribution in [0.15, 0.2) is 30.3 Å². The Labute approximate surface area is 103 Å². The van der Waals surface area contributed by atoms with Crippen molar-refractivity contribution in [3.05, 3.63) is 46.0 Å². The molecule has 0 unspecified atom stereocenters.